The van der Waals surface area contributed by atoms with Crippen LogP contribution >= 0.6 is 11.8 Å². The van der Waals surface area contributed by atoms with Crippen molar-refractivity contribution in [2.45, 2.75) is 18.6 Å². The van der Waals surface area contributed by atoms with Crippen molar-refractivity contribution in [3.63, 3.8) is 0 Å². The molecule has 0 bridgehead atoms. The SMILES string of the molecule is CCC(CN)SCCN. The highest BCUT2D eigenvalue weighted by Crippen LogP contribution is 2.11. The van der Waals surface area contributed by atoms with E-state index in [1.165, 1.54) is 0 Å². The molecule has 0 aliphatic heterocycles. The summed E-state index contributed by atoms with van der Waals surface area (Å²) in [6, 6.07) is 0. The molecule has 4 N–H and O–H groups in total. The molecule has 1 atom stereocenters. The molecule has 0 aromatic heterocycles. The third-order valence-corrected chi connectivity index (χ3v) is 2.66. The monoisotopic (exact) mass is 148 g/mol. The molecule has 0 radical (unpaired) electrons. The molecular weight excluding hydrogens is 132 g/mol. The van der Waals surface area contributed by atoms with Gasteiger partial charge in [-0.15, -0.1) is 0 Å². The van der Waals surface area contributed by atoms with Gasteiger partial charge >= 0.3 is 0 Å². The van der Waals surface area contributed by atoms with Gasteiger partial charge in [0.1, 0.15) is 0 Å². The minimum Gasteiger partial charge on any atom is -0.330 e. The molecule has 0 aromatic carbocycles. The van der Waals surface area contributed by atoms with Crippen molar-refractivity contribution >= 4 is 11.8 Å². The first kappa shape index (κ1) is 9.27. The zero-order valence-electron chi connectivity index (χ0n) is 5.97. The van der Waals surface area contributed by atoms with E-state index in [0.29, 0.717) is 5.25 Å². The molecule has 0 aliphatic rings. The van der Waals surface area contributed by atoms with E-state index >= 15 is 0 Å². The van der Waals surface area contributed by atoms with Gasteiger partial charge in [0.25, 0.3) is 0 Å². The number of nitrogens with two attached hydrogens (primary N) is 2. The van der Waals surface area contributed by atoms with Gasteiger partial charge in [-0.25, -0.2) is 0 Å². The summed E-state index contributed by atoms with van der Waals surface area (Å²) in [5.74, 6) is 1.04. The fourth-order valence-corrected chi connectivity index (χ4v) is 1.43. The van der Waals surface area contributed by atoms with Crippen LogP contribution in [0.3, 0.4) is 0 Å². The van der Waals surface area contributed by atoms with Gasteiger partial charge in [-0.3, -0.25) is 0 Å². The van der Waals surface area contributed by atoms with Gasteiger partial charge in [0.15, 0.2) is 0 Å². The first-order valence-corrected chi connectivity index (χ1v) is 4.41. The van der Waals surface area contributed by atoms with E-state index in [-0.39, 0.29) is 0 Å². The summed E-state index contributed by atoms with van der Waals surface area (Å²) >= 11 is 1.87. The second-order valence-electron chi connectivity index (χ2n) is 1.93. The molecule has 56 valence electrons. The normalized spacial score (nSPS) is 13.7. The van der Waals surface area contributed by atoms with E-state index in [0.717, 1.165) is 25.3 Å². The Hall–Kier alpha value is 0.270. The molecule has 9 heavy (non-hydrogen) atoms. The van der Waals surface area contributed by atoms with Crippen molar-refractivity contribution in [1.82, 2.24) is 0 Å². The summed E-state index contributed by atoms with van der Waals surface area (Å²) in [5, 5.41) is 0.619. The molecule has 0 rings (SSSR count). The van der Waals surface area contributed by atoms with E-state index < -0.39 is 0 Å². The van der Waals surface area contributed by atoms with Crippen molar-refractivity contribution in [2.24, 2.45) is 11.5 Å². The molecule has 0 saturated heterocycles. The third-order valence-electron chi connectivity index (χ3n) is 1.19. The number of hydrogen-bond acceptors (Lipinski definition) is 3. The van der Waals surface area contributed by atoms with E-state index in [1.807, 2.05) is 11.8 Å². The standard InChI is InChI=1S/C6H16N2S/c1-2-6(5-8)9-4-3-7/h6H,2-5,7-8H2,1H3. The number of hydrogen-bond donors (Lipinski definition) is 2. The van der Waals surface area contributed by atoms with Gasteiger partial charge in [0.05, 0.1) is 0 Å². The van der Waals surface area contributed by atoms with Gasteiger partial charge < -0.3 is 11.5 Å². The van der Waals surface area contributed by atoms with E-state index in [1.54, 1.807) is 0 Å². The summed E-state index contributed by atoms with van der Waals surface area (Å²) in [6.07, 6.45) is 1.15. The summed E-state index contributed by atoms with van der Waals surface area (Å²) in [5.41, 5.74) is 10.8. The van der Waals surface area contributed by atoms with Gasteiger partial charge in [0.2, 0.25) is 0 Å². The van der Waals surface area contributed by atoms with E-state index in [2.05, 4.69) is 6.92 Å². The van der Waals surface area contributed by atoms with Crippen molar-refractivity contribution in [3.8, 4) is 0 Å². The lowest BCUT2D eigenvalue weighted by molar-refractivity contribution is 0.826. The van der Waals surface area contributed by atoms with Crippen LogP contribution in [0.25, 0.3) is 0 Å². The molecule has 0 amide bonds. The largest absolute Gasteiger partial charge is 0.330 e. The summed E-state index contributed by atoms with van der Waals surface area (Å²) in [7, 11) is 0. The Labute approximate surface area is 61.4 Å². The van der Waals surface area contributed by atoms with Crippen molar-refractivity contribution in [3.05, 3.63) is 0 Å². The lowest BCUT2D eigenvalue weighted by Gasteiger charge is -2.09. The first-order chi connectivity index (χ1) is 4.35. The predicted octanol–water partition coefficient (Wildman–Crippen LogP) is 0.416. The van der Waals surface area contributed by atoms with Crippen LogP contribution in [0.15, 0.2) is 0 Å². The van der Waals surface area contributed by atoms with Gasteiger partial charge in [-0.2, -0.15) is 11.8 Å². The van der Waals surface area contributed by atoms with Gasteiger partial charge in [-0.1, -0.05) is 6.92 Å². The Morgan fingerprint density at radius 3 is 2.44 bits per heavy atom. The van der Waals surface area contributed by atoms with Crippen molar-refractivity contribution in [1.29, 1.82) is 0 Å². The highest BCUT2D eigenvalue weighted by molar-refractivity contribution is 7.99. The van der Waals surface area contributed by atoms with Gasteiger partial charge in [0, 0.05) is 24.1 Å². The fraction of sp³-hybridized carbons (Fsp3) is 1.00. The summed E-state index contributed by atoms with van der Waals surface area (Å²) in [6.45, 7) is 3.70. The molecule has 0 fully saturated rings. The lowest BCUT2D eigenvalue weighted by atomic mass is 10.3. The molecule has 0 saturated carbocycles. The Balaban J connectivity index is 3.09. The number of thioether (sulfide) groups is 1. The highest BCUT2D eigenvalue weighted by atomic mass is 32.2. The van der Waals surface area contributed by atoms with Crippen LogP contribution in [0.5, 0.6) is 0 Å². The molecule has 1 unspecified atom stereocenters. The number of rotatable bonds is 5. The summed E-state index contributed by atoms with van der Waals surface area (Å²) in [4.78, 5) is 0. The lowest BCUT2D eigenvalue weighted by Crippen LogP contribution is -2.17. The molecule has 0 aromatic rings. The maximum Gasteiger partial charge on any atom is 0.0168 e. The van der Waals surface area contributed by atoms with Crippen LogP contribution in [-0.4, -0.2) is 24.1 Å². The highest BCUT2D eigenvalue weighted by Gasteiger charge is 2.00. The molecule has 0 aliphatic carbocycles. The van der Waals surface area contributed by atoms with Crippen LogP contribution in [-0.2, 0) is 0 Å². The minimum absolute atomic E-state index is 0.619. The molecule has 0 heterocycles. The Bertz CT molecular complexity index is 55.0. The zero-order chi connectivity index (χ0) is 7.11. The fourth-order valence-electron chi connectivity index (χ4n) is 0.587. The maximum absolute atomic E-state index is 5.46. The average molecular weight is 148 g/mol. The summed E-state index contributed by atoms with van der Waals surface area (Å²) < 4.78 is 0. The van der Waals surface area contributed by atoms with Crippen molar-refractivity contribution < 1.29 is 0 Å². The Kier molecular flexibility index (Phi) is 6.58. The second-order valence-corrected chi connectivity index (χ2v) is 3.33. The van der Waals surface area contributed by atoms with Crippen LogP contribution in [0.1, 0.15) is 13.3 Å². The Morgan fingerprint density at radius 2 is 2.11 bits per heavy atom. The predicted molar refractivity (Wildman–Crippen MR) is 44.6 cm³/mol. The first-order valence-electron chi connectivity index (χ1n) is 3.36. The quantitative estimate of drug-likeness (QED) is 0.594. The van der Waals surface area contributed by atoms with Gasteiger partial charge in [-0.05, 0) is 6.42 Å². The van der Waals surface area contributed by atoms with Crippen LogP contribution in [0.2, 0.25) is 0 Å². The van der Waals surface area contributed by atoms with Crippen molar-refractivity contribution in [2.75, 3.05) is 18.8 Å². The minimum atomic E-state index is 0.619. The molecule has 0 spiro atoms. The van der Waals surface area contributed by atoms with E-state index in [4.69, 9.17) is 11.5 Å². The van der Waals surface area contributed by atoms with E-state index in [9.17, 15) is 0 Å². The molecular formula is C6H16N2S. The van der Waals surface area contributed by atoms with Crippen LogP contribution < -0.4 is 11.5 Å². The Morgan fingerprint density at radius 1 is 1.44 bits per heavy atom. The topological polar surface area (TPSA) is 52.0 Å². The second kappa shape index (κ2) is 6.39. The molecule has 2 nitrogen and oxygen atoms in total. The average Bonchev–Trinajstić information content (AvgIpc) is 1.91. The molecule has 3 heteroatoms. The van der Waals surface area contributed by atoms with Crippen LogP contribution in [0.4, 0.5) is 0 Å². The zero-order valence-corrected chi connectivity index (χ0v) is 6.79. The smallest absolute Gasteiger partial charge is 0.0168 e. The van der Waals surface area contributed by atoms with Crippen LogP contribution in [0, 0.1) is 0 Å². The maximum atomic E-state index is 5.46. The third kappa shape index (κ3) is 4.75.